The molecule has 190 valence electrons. The number of carbonyl (C=O) groups excluding carboxylic acids is 1. The molecule has 1 fully saturated rings. The van der Waals surface area contributed by atoms with E-state index in [9.17, 15) is 4.79 Å². The van der Waals surface area contributed by atoms with Gasteiger partial charge in [0.25, 0.3) is 0 Å². The van der Waals surface area contributed by atoms with Crippen LogP contribution in [0.1, 0.15) is 62.8 Å². The summed E-state index contributed by atoms with van der Waals surface area (Å²) in [6.45, 7) is 7.38. The molecule has 4 atom stereocenters. The highest BCUT2D eigenvalue weighted by molar-refractivity contribution is 9.10. The van der Waals surface area contributed by atoms with Crippen molar-refractivity contribution in [3.63, 3.8) is 0 Å². The third kappa shape index (κ3) is 5.79. The van der Waals surface area contributed by atoms with Gasteiger partial charge >= 0.3 is 6.09 Å². The van der Waals surface area contributed by atoms with E-state index in [-0.39, 0.29) is 18.2 Å². The van der Waals surface area contributed by atoms with Gasteiger partial charge in [-0.1, -0.05) is 55.3 Å². The molecule has 0 saturated heterocycles. The first-order valence-corrected chi connectivity index (χ1v) is 13.6. The maximum absolute atomic E-state index is 13.7. The predicted molar refractivity (Wildman–Crippen MR) is 142 cm³/mol. The quantitative estimate of drug-likeness (QED) is 0.386. The molecular formula is C29H38BrNO4. The predicted octanol–water partition coefficient (Wildman–Crippen LogP) is 7.21. The lowest BCUT2D eigenvalue weighted by atomic mass is 9.75. The maximum Gasteiger partial charge on any atom is 0.410 e. The van der Waals surface area contributed by atoms with Crippen LogP contribution in [0.15, 0.2) is 40.9 Å². The second-order valence-electron chi connectivity index (χ2n) is 10.4. The highest BCUT2D eigenvalue weighted by Crippen LogP contribution is 2.41. The minimum atomic E-state index is -0.197. The van der Waals surface area contributed by atoms with Crippen molar-refractivity contribution in [1.82, 2.24) is 4.90 Å². The van der Waals surface area contributed by atoms with Gasteiger partial charge in [-0.15, -0.1) is 0 Å². The Morgan fingerprint density at radius 1 is 1.09 bits per heavy atom. The third-order valence-corrected chi connectivity index (χ3v) is 8.32. The Morgan fingerprint density at radius 3 is 2.43 bits per heavy atom. The van der Waals surface area contributed by atoms with Gasteiger partial charge in [-0.3, -0.25) is 0 Å². The number of halogens is 1. The van der Waals surface area contributed by atoms with E-state index in [1.807, 2.05) is 23.1 Å². The molecule has 0 radical (unpaired) electrons. The van der Waals surface area contributed by atoms with E-state index in [2.05, 4.69) is 54.9 Å². The van der Waals surface area contributed by atoms with Crippen molar-refractivity contribution in [3.05, 3.63) is 57.6 Å². The molecule has 2 aliphatic rings. The van der Waals surface area contributed by atoms with Gasteiger partial charge in [-0.25, -0.2) is 4.79 Å². The molecule has 1 saturated carbocycles. The summed E-state index contributed by atoms with van der Waals surface area (Å²) in [4.78, 5) is 15.7. The molecule has 1 heterocycles. The second-order valence-corrected chi connectivity index (χ2v) is 11.4. The van der Waals surface area contributed by atoms with Gasteiger partial charge in [-0.2, -0.15) is 0 Å². The van der Waals surface area contributed by atoms with Crippen LogP contribution in [0.5, 0.6) is 11.5 Å². The minimum Gasteiger partial charge on any atom is -0.493 e. The van der Waals surface area contributed by atoms with Crippen LogP contribution in [0.25, 0.3) is 0 Å². The summed E-state index contributed by atoms with van der Waals surface area (Å²) in [6.07, 6.45) is 4.53. The third-order valence-electron chi connectivity index (χ3n) is 7.79. The summed E-state index contributed by atoms with van der Waals surface area (Å²) in [6, 6.07) is 12.3. The van der Waals surface area contributed by atoms with E-state index in [1.54, 1.807) is 14.2 Å². The van der Waals surface area contributed by atoms with Crippen LogP contribution in [-0.4, -0.2) is 37.9 Å². The number of fused-ring (bicyclic) bond motifs is 1. The SMILES string of the molecule is COc1cc2c(cc1OC)[C@H](Cc1ccc(Br)cc1)N(C(=O)OC1C[C@@H](C)CC[C@@H]1C(C)C)CC2. The zero-order valence-corrected chi connectivity index (χ0v) is 23.1. The summed E-state index contributed by atoms with van der Waals surface area (Å²) in [5.74, 6) is 2.91. The number of hydrogen-bond acceptors (Lipinski definition) is 4. The fraction of sp³-hybridized carbons (Fsp3) is 0.552. The molecule has 5 nitrogen and oxygen atoms in total. The summed E-state index contributed by atoms with van der Waals surface area (Å²) in [5.41, 5.74) is 3.47. The van der Waals surface area contributed by atoms with Gasteiger partial charge in [0, 0.05) is 11.0 Å². The van der Waals surface area contributed by atoms with Gasteiger partial charge in [0.05, 0.1) is 20.3 Å². The fourth-order valence-corrected chi connectivity index (χ4v) is 6.02. The number of amides is 1. The number of hydrogen-bond donors (Lipinski definition) is 0. The first kappa shape index (κ1) is 25.9. The van der Waals surface area contributed by atoms with E-state index < -0.39 is 0 Å². The lowest BCUT2D eigenvalue weighted by Crippen LogP contribution is -2.45. The van der Waals surface area contributed by atoms with Crippen molar-refractivity contribution in [1.29, 1.82) is 0 Å². The molecule has 1 amide bonds. The van der Waals surface area contributed by atoms with Crippen LogP contribution in [0.2, 0.25) is 0 Å². The van der Waals surface area contributed by atoms with Gasteiger partial charge in [-0.05, 0) is 84.4 Å². The Labute approximate surface area is 218 Å². The van der Waals surface area contributed by atoms with Crippen LogP contribution in [0.3, 0.4) is 0 Å². The molecule has 4 rings (SSSR count). The Balaban J connectivity index is 1.65. The smallest absolute Gasteiger partial charge is 0.410 e. The molecule has 2 aromatic carbocycles. The van der Waals surface area contributed by atoms with Crippen LogP contribution in [-0.2, 0) is 17.6 Å². The number of carbonyl (C=O) groups is 1. The van der Waals surface area contributed by atoms with Crippen molar-refractivity contribution in [2.75, 3.05) is 20.8 Å². The lowest BCUT2D eigenvalue weighted by molar-refractivity contribution is -0.0167. The van der Waals surface area contributed by atoms with E-state index in [1.165, 1.54) is 17.5 Å². The first-order chi connectivity index (χ1) is 16.8. The topological polar surface area (TPSA) is 48.0 Å². The van der Waals surface area contributed by atoms with Crippen molar-refractivity contribution in [2.45, 2.75) is 65.0 Å². The molecule has 1 aliphatic carbocycles. The molecule has 0 bridgehead atoms. The van der Waals surface area contributed by atoms with Crippen LogP contribution in [0.4, 0.5) is 4.79 Å². The Hall–Kier alpha value is -2.21. The van der Waals surface area contributed by atoms with E-state index >= 15 is 0 Å². The molecule has 0 spiro atoms. The molecule has 1 aliphatic heterocycles. The average Bonchev–Trinajstić information content (AvgIpc) is 2.84. The molecule has 2 aromatic rings. The Bertz CT molecular complexity index is 1020. The largest absolute Gasteiger partial charge is 0.493 e. The molecule has 6 heteroatoms. The summed E-state index contributed by atoms with van der Waals surface area (Å²) in [5, 5.41) is 0. The van der Waals surface area contributed by atoms with Crippen molar-refractivity contribution in [3.8, 4) is 11.5 Å². The van der Waals surface area contributed by atoms with E-state index in [0.29, 0.717) is 36.5 Å². The Kier molecular flexibility index (Phi) is 8.31. The van der Waals surface area contributed by atoms with Gasteiger partial charge < -0.3 is 19.1 Å². The Morgan fingerprint density at radius 2 is 1.77 bits per heavy atom. The summed E-state index contributed by atoms with van der Waals surface area (Å²) >= 11 is 3.53. The van der Waals surface area contributed by atoms with Gasteiger partial charge in [0.15, 0.2) is 11.5 Å². The van der Waals surface area contributed by atoms with Crippen LogP contribution in [0, 0.1) is 17.8 Å². The fourth-order valence-electron chi connectivity index (χ4n) is 5.76. The molecular weight excluding hydrogens is 506 g/mol. The van der Waals surface area contributed by atoms with Crippen molar-refractivity contribution < 1.29 is 19.0 Å². The normalized spacial score (nSPS) is 24.1. The first-order valence-electron chi connectivity index (χ1n) is 12.8. The van der Waals surface area contributed by atoms with Crippen LogP contribution < -0.4 is 9.47 Å². The van der Waals surface area contributed by atoms with Crippen molar-refractivity contribution in [2.24, 2.45) is 17.8 Å². The van der Waals surface area contributed by atoms with Crippen molar-refractivity contribution >= 4 is 22.0 Å². The maximum atomic E-state index is 13.7. The number of rotatable bonds is 6. The minimum absolute atomic E-state index is 0.0219. The molecule has 1 unspecified atom stereocenters. The number of methoxy groups -OCH3 is 2. The molecule has 0 N–H and O–H groups in total. The average molecular weight is 545 g/mol. The summed E-state index contributed by atoms with van der Waals surface area (Å²) < 4.78 is 18.5. The van der Waals surface area contributed by atoms with Gasteiger partial charge in [0.2, 0.25) is 0 Å². The monoisotopic (exact) mass is 543 g/mol. The zero-order chi connectivity index (χ0) is 25.1. The molecule has 35 heavy (non-hydrogen) atoms. The zero-order valence-electron chi connectivity index (χ0n) is 21.6. The number of benzene rings is 2. The molecule has 0 aromatic heterocycles. The lowest BCUT2D eigenvalue weighted by Gasteiger charge is -2.41. The van der Waals surface area contributed by atoms with Gasteiger partial charge in [0.1, 0.15) is 6.10 Å². The highest BCUT2D eigenvalue weighted by Gasteiger charge is 2.38. The highest BCUT2D eigenvalue weighted by atomic mass is 79.9. The second kappa shape index (κ2) is 11.2. The number of ether oxygens (including phenoxy) is 3. The summed E-state index contributed by atoms with van der Waals surface area (Å²) in [7, 11) is 3.31. The van der Waals surface area contributed by atoms with E-state index in [0.717, 1.165) is 35.0 Å². The van der Waals surface area contributed by atoms with Crippen LogP contribution >= 0.6 is 15.9 Å². The standard InChI is InChI=1S/C29H38BrNO4/c1-18(2)23-11-6-19(3)14-26(23)35-29(32)31-13-12-21-16-27(33-4)28(34-5)17-24(21)25(31)15-20-7-9-22(30)10-8-20/h7-10,16-19,23,25-26H,6,11-15H2,1-5H3/t19-,23+,25-,26?/m0/s1. The number of nitrogens with zero attached hydrogens (tertiary/aromatic N) is 1. The van der Waals surface area contributed by atoms with E-state index in [4.69, 9.17) is 14.2 Å².